The molecule has 2 aromatic carbocycles. The van der Waals surface area contributed by atoms with Gasteiger partial charge >= 0.3 is 0 Å². The summed E-state index contributed by atoms with van der Waals surface area (Å²) >= 11 is 1.34. The molecule has 158 valence electrons. The molecule has 0 fully saturated rings. The fourth-order valence-corrected chi connectivity index (χ4v) is 4.42. The van der Waals surface area contributed by atoms with E-state index in [9.17, 15) is 9.59 Å². The van der Waals surface area contributed by atoms with Crippen molar-refractivity contribution in [3.8, 4) is 0 Å². The van der Waals surface area contributed by atoms with Gasteiger partial charge in [-0.15, -0.1) is 0 Å². The zero-order chi connectivity index (χ0) is 21.5. The first-order chi connectivity index (χ1) is 14.5. The molecule has 6 heteroatoms. The topological polar surface area (TPSA) is 64.0 Å². The number of carbonyl (C=O) groups excluding carboxylic acids is 1. The van der Waals surface area contributed by atoms with Gasteiger partial charge in [-0.3, -0.25) is 14.2 Å². The third kappa shape index (κ3) is 5.11. The molecule has 0 saturated heterocycles. The van der Waals surface area contributed by atoms with E-state index in [1.165, 1.54) is 17.3 Å². The smallest absolute Gasteiger partial charge is 0.262 e. The lowest BCUT2D eigenvalue weighted by atomic mass is 9.96. The Bertz CT molecular complexity index is 1050. The number of nitrogens with one attached hydrogen (secondary N) is 1. The van der Waals surface area contributed by atoms with Gasteiger partial charge in [0.15, 0.2) is 5.16 Å². The summed E-state index contributed by atoms with van der Waals surface area (Å²) in [5.41, 5.74) is 1.85. The van der Waals surface area contributed by atoms with Crippen molar-refractivity contribution >= 4 is 28.6 Å². The molecular weight excluding hydrogens is 394 g/mol. The fourth-order valence-electron chi connectivity index (χ4n) is 3.46. The zero-order valence-corrected chi connectivity index (χ0v) is 18.6. The van der Waals surface area contributed by atoms with Gasteiger partial charge in [0.25, 0.3) is 5.56 Å². The van der Waals surface area contributed by atoms with Crippen LogP contribution in [-0.2, 0) is 11.3 Å². The summed E-state index contributed by atoms with van der Waals surface area (Å²) in [5, 5.41) is 3.94. The zero-order valence-electron chi connectivity index (χ0n) is 17.8. The summed E-state index contributed by atoms with van der Waals surface area (Å²) in [6.45, 7) is 7.20. The molecule has 0 radical (unpaired) electrons. The van der Waals surface area contributed by atoms with Crippen LogP contribution >= 0.6 is 11.8 Å². The molecule has 1 aromatic heterocycles. The van der Waals surface area contributed by atoms with E-state index in [0.717, 1.165) is 12.8 Å². The Hall–Kier alpha value is -2.60. The number of amides is 1. The maximum atomic E-state index is 12.9. The van der Waals surface area contributed by atoms with E-state index in [0.29, 0.717) is 29.1 Å². The first kappa shape index (κ1) is 22.1. The van der Waals surface area contributed by atoms with Gasteiger partial charge in [0.2, 0.25) is 5.91 Å². The highest BCUT2D eigenvalue weighted by atomic mass is 32.2. The lowest BCUT2D eigenvalue weighted by molar-refractivity contribution is -0.120. The molecule has 0 saturated carbocycles. The van der Waals surface area contributed by atoms with E-state index in [-0.39, 0.29) is 22.6 Å². The number of rotatable bonds is 9. The molecule has 0 aliphatic carbocycles. The molecule has 2 atom stereocenters. The van der Waals surface area contributed by atoms with E-state index in [4.69, 9.17) is 0 Å². The van der Waals surface area contributed by atoms with Gasteiger partial charge in [-0.2, -0.15) is 0 Å². The van der Waals surface area contributed by atoms with E-state index >= 15 is 0 Å². The Morgan fingerprint density at radius 1 is 1.10 bits per heavy atom. The average Bonchev–Trinajstić information content (AvgIpc) is 2.77. The van der Waals surface area contributed by atoms with Crippen molar-refractivity contribution in [3.63, 3.8) is 0 Å². The van der Waals surface area contributed by atoms with Gasteiger partial charge < -0.3 is 5.32 Å². The molecule has 1 heterocycles. The lowest BCUT2D eigenvalue weighted by Gasteiger charge is -2.19. The molecule has 0 unspecified atom stereocenters. The Kier molecular flexibility index (Phi) is 7.69. The Morgan fingerprint density at radius 2 is 1.80 bits per heavy atom. The molecule has 30 heavy (non-hydrogen) atoms. The number of hydrogen-bond donors (Lipinski definition) is 1. The third-order valence-corrected chi connectivity index (χ3v) is 6.30. The normalized spacial score (nSPS) is 13.2. The number of aromatic nitrogens is 2. The summed E-state index contributed by atoms with van der Waals surface area (Å²) in [6, 6.07) is 17.6. The number of thioether (sulfide) groups is 1. The minimum atomic E-state index is -0.352. The van der Waals surface area contributed by atoms with Crippen LogP contribution in [0, 0.1) is 0 Å². The number of hydrogen-bond acceptors (Lipinski definition) is 4. The highest BCUT2D eigenvalue weighted by molar-refractivity contribution is 8.00. The second-order valence-corrected chi connectivity index (χ2v) is 8.70. The van der Waals surface area contributed by atoms with Gasteiger partial charge in [-0.1, -0.05) is 68.1 Å². The Morgan fingerprint density at radius 3 is 2.50 bits per heavy atom. The van der Waals surface area contributed by atoms with Gasteiger partial charge in [-0.05, 0) is 37.5 Å². The number of carbonyl (C=O) groups is 1. The van der Waals surface area contributed by atoms with Crippen LogP contribution in [0.25, 0.3) is 10.9 Å². The molecule has 1 amide bonds. The van der Waals surface area contributed by atoms with Gasteiger partial charge in [0.05, 0.1) is 16.2 Å². The maximum absolute atomic E-state index is 12.9. The second kappa shape index (κ2) is 10.4. The summed E-state index contributed by atoms with van der Waals surface area (Å²) in [6.07, 6.45) is 1.78. The van der Waals surface area contributed by atoms with Crippen molar-refractivity contribution in [3.05, 3.63) is 70.5 Å². The lowest BCUT2D eigenvalue weighted by Crippen LogP contribution is -2.34. The molecule has 0 bridgehead atoms. The first-order valence-corrected chi connectivity index (χ1v) is 11.4. The van der Waals surface area contributed by atoms with Crippen molar-refractivity contribution in [1.82, 2.24) is 14.9 Å². The van der Waals surface area contributed by atoms with Crippen molar-refractivity contribution in [2.75, 3.05) is 6.54 Å². The third-order valence-electron chi connectivity index (χ3n) is 5.21. The average molecular weight is 424 g/mol. The quantitative estimate of drug-likeness (QED) is 0.404. The van der Waals surface area contributed by atoms with E-state index < -0.39 is 0 Å². The number of para-hydroxylation sites is 1. The minimum absolute atomic E-state index is 0.0418. The van der Waals surface area contributed by atoms with Crippen LogP contribution in [0.1, 0.15) is 45.1 Å². The first-order valence-electron chi connectivity index (χ1n) is 10.5. The van der Waals surface area contributed by atoms with Gasteiger partial charge in [0.1, 0.15) is 0 Å². The molecule has 0 aliphatic rings. The van der Waals surface area contributed by atoms with Crippen LogP contribution < -0.4 is 10.9 Å². The van der Waals surface area contributed by atoms with Crippen molar-refractivity contribution < 1.29 is 4.79 Å². The molecule has 1 N–H and O–H groups in total. The van der Waals surface area contributed by atoms with Gasteiger partial charge in [-0.25, -0.2) is 4.98 Å². The summed E-state index contributed by atoms with van der Waals surface area (Å²) in [7, 11) is 0. The highest BCUT2D eigenvalue weighted by Gasteiger charge is 2.20. The van der Waals surface area contributed by atoms with E-state index in [1.807, 2.05) is 50.2 Å². The monoisotopic (exact) mass is 423 g/mol. The van der Waals surface area contributed by atoms with Crippen molar-refractivity contribution in [2.45, 2.75) is 56.5 Å². The molecule has 0 aliphatic heterocycles. The largest absolute Gasteiger partial charge is 0.355 e. The standard InChI is InChI=1S/C24H29N3O2S/c1-4-15-27-23(29)20-13-9-10-14-21(20)26-24(27)30-17(3)22(28)25-16-18(5-2)19-11-7-6-8-12-19/h6-14,17-18H,4-5,15-16H2,1-3H3,(H,25,28)/t17-,18-/m1/s1. The van der Waals surface area contributed by atoms with Crippen LogP contribution in [0.3, 0.4) is 0 Å². The van der Waals surface area contributed by atoms with E-state index in [2.05, 4.69) is 29.4 Å². The second-order valence-electron chi connectivity index (χ2n) is 7.39. The molecular formula is C24H29N3O2S. The Balaban J connectivity index is 1.74. The molecule has 3 aromatic rings. The van der Waals surface area contributed by atoms with Crippen LogP contribution in [-0.4, -0.2) is 27.3 Å². The van der Waals surface area contributed by atoms with Gasteiger partial charge in [0, 0.05) is 19.0 Å². The SMILES string of the molecule is CCCn1c(S[C@H](C)C(=O)NC[C@@H](CC)c2ccccc2)nc2ccccc2c1=O. The predicted molar refractivity (Wildman–Crippen MR) is 124 cm³/mol. The number of nitrogens with zero attached hydrogens (tertiary/aromatic N) is 2. The molecule has 0 spiro atoms. The van der Waals surface area contributed by atoms with Crippen LogP contribution in [0.5, 0.6) is 0 Å². The van der Waals surface area contributed by atoms with Crippen molar-refractivity contribution in [2.24, 2.45) is 0 Å². The predicted octanol–water partition coefficient (Wildman–Crippen LogP) is 4.60. The Labute approximate surface area is 181 Å². The highest BCUT2D eigenvalue weighted by Crippen LogP contribution is 2.23. The van der Waals surface area contributed by atoms with Crippen LogP contribution in [0.4, 0.5) is 0 Å². The van der Waals surface area contributed by atoms with E-state index in [1.54, 1.807) is 10.6 Å². The summed E-state index contributed by atoms with van der Waals surface area (Å²) in [5.74, 6) is 0.240. The summed E-state index contributed by atoms with van der Waals surface area (Å²) in [4.78, 5) is 30.4. The van der Waals surface area contributed by atoms with Crippen molar-refractivity contribution in [1.29, 1.82) is 0 Å². The maximum Gasteiger partial charge on any atom is 0.262 e. The fraction of sp³-hybridized carbons (Fsp3) is 0.375. The van der Waals surface area contributed by atoms with Crippen LogP contribution in [0.15, 0.2) is 64.5 Å². The minimum Gasteiger partial charge on any atom is -0.355 e. The summed E-state index contributed by atoms with van der Waals surface area (Å²) < 4.78 is 1.69. The number of benzene rings is 2. The van der Waals surface area contributed by atoms with Crippen LogP contribution in [0.2, 0.25) is 0 Å². The number of fused-ring (bicyclic) bond motifs is 1. The molecule has 5 nitrogen and oxygen atoms in total. The molecule has 3 rings (SSSR count).